The first-order valence-corrected chi connectivity index (χ1v) is 7.81. The molecular weight excluding hydrogens is 328 g/mol. The summed E-state index contributed by atoms with van der Waals surface area (Å²) in [7, 11) is 1.70. The molecule has 10 nitrogen and oxygen atoms in total. The number of rotatable bonds is 4. The van der Waals surface area contributed by atoms with Gasteiger partial charge in [-0.3, -0.25) is 20.2 Å². The summed E-state index contributed by atoms with van der Waals surface area (Å²) in [5.41, 5.74) is 1.26. The summed E-state index contributed by atoms with van der Waals surface area (Å²) in [4.78, 5) is 25.4. The van der Waals surface area contributed by atoms with Crippen LogP contribution in [0.4, 0.5) is 22.9 Å². The summed E-state index contributed by atoms with van der Waals surface area (Å²) in [5, 5.41) is 26.4. The zero-order valence-electron chi connectivity index (χ0n) is 14.0. The zero-order chi connectivity index (χ0) is 18.1. The van der Waals surface area contributed by atoms with Crippen molar-refractivity contribution in [2.75, 3.05) is 36.0 Å². The van der Waals surface area contributed by atoms with E-state index in [-0.39, 0.29) is 11.4 Å². The fraction of sp³-hybridized carbons (Fsp3) is 0.400. The van der Waals surface area contributed by atoms with Crippen molar-refractivity contribution in [3.05, 3.63) is 50.2 Å². The number of non-ortho nitro benzene ring substituents is 1. The Hall–Kier alpha value is -3.17. The van der Waals surface area contributed by atoms with Crippen LogP contribution in [0.3, 0.4) is 0 Å². The third kappa shape index (κ3) is 3.10. The zero-order valence-corrected chi connectivity index (χ0v) is 14.0. The first-order chi connectivity index (χ1) is 11.9. The van der Waals surface area contributed by atoms with Crippen LogP contribution < -0.4 is 9.80 Å². The highest BCUT2D eigenvalue weighted by Crippen LogP contribution is 2.32. The smallest absolute Gasteiger partial charge is 0.333 e. The molecule has 1 aliphatic rings. The summed E-state index contributed by atoms with van der Waals surface area (Å²) in [5.74, 6) is 0.501. The molecule has 0 unspecified atom stereocenters. The first-order valence-electron chi connectivity index (χ1n) is 7.81. The molecule has 10 heteroatoms. The average Bonchev–Trinajstić information content (AvgIpc) is 2.89. The molecule has 0 amide bonds. The van der Waals surface area contributed by atoms with Gasteiger partial charge in [0.15, 0.2) is 0 Å². The molecule has 1 aliphatic heterocycles. The van der Waals surface area contributed by atoms with Gasteiger partial charge in [-0.15, -0.1) is 0 Å². The van der Waals surface area contributed by atoms with Gasteiger partial charge in [0.1, 0.15) is 5.69 Å². The van der Waals surface area contributed by atoms with E-state index in [2.05, 4.69) is 5.10 Å². The van der Waals surface area contributed by atoms with E-state index in [0.29, 0.717) is 37.7 Å². The van der Waals surface area contributed by atoms with Crippen molar-refractivity contribution in [1.82, 2.24) is 9.78 Å². The number of piperazine rings is 1. The molecule has 0 aliphatic carbocycles. The topological polar surface area (TPSA) is 111 Å². The number of anilines is 2. The Morgan fingerprint density at radius 3 is 2.28 bits per heavy atom. The van der Waals surface area contributed by atoms with Gasteiger partial charge >= 0.3 is 5.69 Å². The highest BCUT2D eigenvalue weighted by molar-refractivity contribution is 5.62. The molecule has 1 aromatic carbocycles. The molecule has 1 saturated heterocycles. The van der Waals surface area contributed by atoms with E-state index in [0.717, 1.165) is 5.69 Å². The lowest BCUT2D eigenvalue weighted by Gasteiger charge is -2.36. The van der Waals surface area contributed by atoms with Crippen molar-refractivity contribution in [3.8, 4) is 0 Å². The van der Waals surface area contributed by atoms with E-state index in [1.54, 1.807) is 26.1 Å². The maximum absolute atomic E-state index is 11.3. The minimum Gasteiger partial charge on any atom is -0.368 e. The molecule has 2 heterocycles. The third-order valence-electron chi connectivity index (χ3n) is 4.33. The average molecular weight is 346 g/mol. The second-order valence-corrected chi connectivity index (χ2v) is 5.89. The van der Waals surface area contributed by atoms with Crippen molar-refractivity contribution in [2.45, 2.75) is 6.92 Å². The highest BCUT2D eigenvalue weighted by Gasteiger charge is 2.30. The quantitative estimate of drug-likeness (QED) is 0.614. The number of hydrogen-bond donors (Lipinski definition) is 0. The molecule has 1 fully saturated rings. The Morgan fingerprint density at radius 1 is 1.04 bits per heavy atom. The van der Waals surface area contributed by atoms with Crippen LogP contribution in [0.1, 0.15) is 5.69 Å². The molecule has 0 saturated carbocycles. The van der Waals surface area contributed by atoms with Gasteiger partial charge < -0.3 is 9.80 Å². The Morgan fingerprint density at radius 2 is 1.68 bits per heavy atom. The summed E-state index contributed by atoms with van der Waals surface area (Å²) in [6.45, 7) is 4.00. The summed E-state index contributed by atoms with van der Waals surface area (Å²) in [6.07, 6.45) is 0. The lowest BCUT2D eigenvalue weighted by Crippen LogP contribution is -2.47. The van der Waals surface area contributed by atoms with Gasteiger partial charge in [0.25, 0.3) is 5.69 Å². The molecule has 0 radical (unpaired) electrons. The standard InChI is InChI=1S/C15H18N6O4/c1-11-14(21(24)25)15(17(2)16-11)19-8-6-18(7-9-19)12-4-3-5-13(10-12)20(22)23/h3-5,10H,6-9H2,1-2H3. The molecule has 3 rings (SSSR count). The molecule has 2 aromatic rings. The molecular formula is C15H18N6O4. The lowest BCUT2D eigenvalue weighted by atomic mass is 10.2. The second-order valence-electron chi connectivity index (χ2n) is 5.89. The number of aromatic nitrogens is 2. The fourth-order valence-electron chi connectivity index (χ4n) is 3.18. The highest BCUT2D eigenvalue weighted by atomic mass is 16.6. The monoisotopic (exact) mass is 346 g/mol. The van der Waals surface area contributed by atoms with Crippen molar-refractivity contribution in [2.24, 2.45) is 7.05 Å². The van der Waals surface area contributed by atoms with Gasteiger partial charge in [-0.05, 0) is 13.0 Å². The van der Waals surface area contributed by atoms with Crippen LogP contribution in [-0.2, 0) is 7.05 Å². The van der Waals surface area contributed by atoms with E-state index in [4.69, 9.17) is 0 Å². The minimum absolute atomic E-state index is 0.0336. The Labute approximate surface area is 143 Å². The summed E-state index contributed by atoms with van der Waals surface area (Å²) >= 11 is 0. The number of hydrogen-bond acceptors (Lipinski definition) is 7. The number of nitrogens with zero attached hydrogens (tertiary/aromatic N) is 6. The number of nitro benzene ring substituents is 1. The summed E-state index contributed by atoms with van der Waals surface area (Å²) in [6, 6.07) is 6.50. The van der Waals surface area contributed by atoms with Gasteiger partial charge in [0, 0.05) is 51.0 Å². The number of benzene rings is 1. The molecule has 0 spiro atoms. The van der Waals surface area contributed by atoms with E-state index in [9.17, 15) is 20.2 Å². The first kappa shape index (κ1) is 16.7. The van der Waals surface area contributed by atoms with Crippen LogP contribution in [0.2, 0.25) is 0 Å². The lowest BCUT2D eigenvalue weighted by molar-refractivity contribution is -0.384. The predicted octanol–water partition coefficient (Wildman–Crippen LogP) is 1.87. The van der Waals surface area contributed by atoms with Gasteiger partial charge in [-0.25, -0.2) is 4.68 Å². The second kappa shape index (κ2) is 6.38. The van der Waals surface area contributed by atoms with Gasteiger partial charge in [0.2, 0.25) is 5.82 Å². The van der Waals surface area contributed by atoms with Crippen molar-refractivity contribution in [1.29, 1.82) is 0 Å². The van der Waals surface area contributed by atoms with Crippen LogP contribution >= 0.6 is 0 Å². The predicted molar refractivity (Wildman–Crippen MR) is 92.1 cm³/mol. The minimum atomic E-state index is -0.415. The van der Waals surface area contributed by atoms with E-state index in [1.807, 2.05) is 15.9 Å². The fourth-order valence-corrected chi connectivity index (χ4v) is 3.18. The molecule has 132 valence electrons. The maximum atomic E-state index is 11.3. The van der Waals surface area contributed by atoms with E-state index >= 15 is 0 Å². The Kier molecular flexibility index (Phi) is 4.26. The number of nitro groups is 2. The molecule has 0 bridgehead atoms. The van der Waals surface area contributed by atoms with Crippen LogP contribution in [-0.4, -0.2) is 45.8 Å². The van der Waals surface area contributed by atoms with Crippen molar-refractivity contribution < 1.29 is 9.85 Å². The largest absolute Gasteiger partial charge is 0.368 e. The summed E-state index contributed by atoms with van der Waals surface area (Å²) < 4.78 is 1.54. The number of aryl methyl sites for hydroxylation is 2. The Bertz CT molecular complexity index is 825. The molecule has 1 aromatic heterocycles. The molecule has 0 N–H and O–H groups in total. The Balaban J connectivity index is 1.78. The van der Waals surface area contributed by atoms with Gasteiger partial charge in [-0.2, -0.15) is 5.10 Å². The van der Waals surface area contributed by atoms with Crippen LogP contribution in [0.25, 0.3) is 0 Å². The SMILES string of the molecule is Cc1nn(C)c(N2CCN(c3cccc([N+](=O)[O-])c3)CC2)c1[N+](=O)[O-]. The van der Waals surface area contributed by atoms with Gasteiger partial charge in [0.05, 0.1) is 9.85 Å². The van der Waals surface area contributed by atoms with Crippen LogP contribution in [0, 0.1) is 27.2 Å². The van der Waals surface area contributed by atoms with Crippen LogP contribution in [0.15, 0.2) is 24.3 Å². The molecule has 25 heavy (non-hydrogen) atoms. The van der Waals surface area contributed by atoms with E-state index < -0.39 is 9.85 Å². The maximum Gasteiger partial charge on any atom is 0.333 e. The van der Waals surface area contributed by atoms with Crippen molar-refractivity contribution >= 4 is 22.9 Å². The molecule has 0 atom stereocenters. The van der Waals surface area contributed by atoms with E-state index in [1.165, 1.54) is 10.7 Å². The van der Waals surface area contributed by atoms with Gasteiger partial charge in [-0.1, -0.05) is 6.07 Å². The van der Waals surface area contributed by atoms with Crippen molar-refractivity contribution in [3.63, 3.8) is 0 Å². The normalized spacial score (nSPS) is 14.6. The van der Waals surface area contributed by atoms with Crippen LogP contribution in [0.5, 0.6) is 0 Å². The third-order valence-corrected chi connectivity index (χ3v) is 4.33.